The van der Waals surface area contributed by atoms with Gasteiger partial charge in [-0.25, -0.2) is 0 Å². The predicted octanol–water partition coefficient (Wildman–Crippen LogP) is 4.94. The molecule has 1 aliphatic heterocycles. The Bertz CT molecular complexity index is 1120. The van der Waals surface area contributed by atoms with E-state index >= 15 is 0 Å². The third-order valence-electron chi connectivity index (χ3n) is 6.51. The molecule has 0 saturated heterocycles. The number of fused-ring (bicyclic) bond motifs is 1. The van der Waals surface area contributed by atoms with Gasteiger partial charge in [-0.15, -0.1) is 0 Å². The van der Waals surface area contributed by atoms with Crippen LogP contribution in [-0.4, -0.2) is 12.6 Å². The molecule has 3 aromatic rings. The van der Waals surface area contributed by atoms with Gasteiger partial charge in [0, 0.05) is 14.4 Å². The van der Waals surface area contributed by atoms with Crippen LogP contribution in [0, 0.1) is 6.92 Å². The number of carbonyl (C=O) groups excluding carboxylic acids is 1. The van der Waals surface area contributed by atoms with Crippen molar-refractivity contribution in [1.29, 1.82) is 0 Å². The van der Waals surface area contributed by atoms with Crippen LogP contribution in [0.25, 0.3) is 11.1 Å². The topological polar surface area (TPSA) is 61.5 Å². The third-order valence-corrected chi connectivity index (χ3v) is 6.51. The van der Waals surface area contributed by atoms with Gasteiger partial charge in [0.25, 0.3) is 0 Å². The molecule has 30 heavy (non-hydrogen) atoms. The normalized spacial score (nSPS) is 15.8. The molecule has 0 bridgehead atoms. The van der Waals surface area contributed by atoms with Gasteiger partial charge >= 0.3 is 0 Å². The zero-order valence-electron chi connectivity index (χ0n) is 17.1. The van der Waals surface area contributed by atoms with Crippen LogP contribution in [0.1, 0.15) is 36.5 Å². The monoisotopic (exact) mass is 401 g/mol. The molecule has 4 heteroatoms. The lowest BCUT2D eigenvalue weighted by Crippen LogP contribution is -2.23. The number of hydrogen-bond donors (Lipinski definition) is 1. The number of Topliss-reactive ketones (excluding diaryl/α,β-unsaturated/α-hetero) is 1. The lowest BCUT2D eigenvalue weighted by Gasteiger charge is -2.17. The molecule has 0 atom stereocenters. The van der Waals surface area contributed by atoms with Crippen molar-refractivity contribution in [2.45, 2.75) is 38.1 Å². The molecular weight excluding hydrogens is 374 g/mol. The van der Waals surface area contributed by atoms with Crippen LogP contribution in [0.3, 0.4) is 0 Å². The molecule has 5 rings (SSSR count). The Morgan fingerprint density at radius 2 is 1.80 bits per heavy atom. The molecule has 0 unspecified atom stereocenters. The van der Waals surface area contributed by atoms with Gasteiger partial charge < -0.3 is 15.2 Å². The van der Waals surface area contributed by atoms with Crippen molar-refractivity contribution in [3.05, 3.63) is 82.9 Å². The van der Waals surface area contributed by atoms with Crippen molar-refractivity contribution >= 4 is 5.78 Å². The fraction of sp³-hybridized carbons (Fsp3) is 0.269. The van der Waals surface area contributed by atoms with E-state index in [1.807, 2.05) is 24.3 Å². The summed E-state index contributed by atoms with van der Waals surface area (Å²) in [5.74, 6) is 1.77. The van der Waals surface area contributed by atoms with E-state index in [1.54, 1.807) is 0 Å². The Labute approximate surface area is 178 Å². The average Bonchev–Trinajstić information content (AvgIpc) is 3.46. The Kier molecular flexibility index (Phi) is 4.59. The first-order valence-corrected chi connectivity index (χ1v) is 10.4. The second-order valence-electron chi connectivity index (χ2n) is 8.24. The Hall–Kier alpha value is -3.11. The first kappa shape index (κ1) is 18.9. The molecule has 3 aromatic carbocycles. The van der Waals surface area contributed by atoms with Crippen molar-refractivity contribution in [3.63, 3.8) is 0 Å². The zero-order valence-corrected chi connectivity index (χ0v) is 17.1. The largest absolute Gasteiger partial charge is 0.454 e. The fourth-order valence-corrected chi connectivity index (χ4v) is 4.40. The molecule has 2 N–H and O–H groups in total. The molecule has 0 aromatic heterocycles. The van der Waals surface area contributed by atoms with Gasteiger partial charge in [-0.3, -0.25) is 4.79 Å². The molecule has 1 saturated carbocycles. The highest BCUT2D eigenvalue weighted by atomic mass is 16.7. The Balaban J connectivity index is 0.00000231. The minimum atomic E-state index is -0.383. The van der Waals surface area contributed by atoms with Gasteiger partial charge in [-0.05, 0) is 65.3 Å². The van der Waals surface area contributed by atoms with E-state index in [0.717, 1.165) is 57.7 Å². The van der Waals surface area contributed by atoms with Gasteiger partial charge in [0.05, 0.1) is 5.41 Å². The van der Waals surface area contributed by atoms with E-state index in [0.29, 0.717) is 13.0 Å². The molecule has 1 fully saturated rings. The highest BCUT2D eigenvalue weighted by molar-refractivity contribution is 5.95. The molecular formula is C26H27NO3. The fourth-order valence-electron chi connectivity index (χ4n) is 4.40. The summed E-state index contributed by atoms with van der Waals surface area (Å²) in [4.78, 5) is 13.4. The maximum absolute atomic E-state index is 13.4. The SMILES string of the molecule is Cc1c(CC(=O)C2(c3ccc4c(c3)OCO4)CC2)cccc1-c1ccc(CN)cc1.[HH]. The quantitative estimate of drug-likeness (QED) is 0.636. The highest BCUT2D eigenvalue weighted by Gasteiger charge is 2.50. The summed E-state index contributed by atoms with van der Waals surface area (Å²) >= 11 is 0. The lowest BCUT2D eigenvalue weighted by atomic mass is 9.85. The van der Waals surface area contributed by atoms with E-state index in [2.05, 4.69) is 43.3 Å². The predicted molar refractivity (Wildman–Crippen MR) is 119 cm³/mol. The number of ether oxygens (including phenoxy) is 2. The number of carbonyl (C=O) groups is 1. The molecule has 0 amide bonds. The summed E-state index contributed by atoms with van der Waals surface area (Å²) < 4.78 is 10.9. The van der Waals surface area contributed by atoms with Crippen LogP contribution >= 0.6 is 0 Å². The van der Waals surface area contributed by atoms with Crippen molar-refractivity contribution < 1.29 is 15.7 Å². The van der Waals surface area contributed by atoms with E-state index in [-0.39, 0.29) is 19.4 Å². The van der Waals surface area contributed by atoms with Gasteiger partial charge in [0.2, 0.25) is 6.79 Å². The van der Waals surface area contributed by atoms with Gasteiger partial charge in [0.1, 0.15) is 5.78 Å². The van der Waals surface area contributed by atoms with E-state index < -0.39 is 0 Å². The lowest BCUT2D eigenvalue weighted by molar-refractivity contribution is -0.120. The van der Waals surface area contributed by atoms with Gasteiger partial charge in [-0.1, -0.05) is 48.5 Å². The van der Waals surface area contributed by atoms with Crippen LogP contribution in [0.4, 0.5) is 0 Å². The number of rotatable bonds is 6. The number of benzene rings is 3. The van der Waals surface area contributed by atoms with Gasteiger partial charge in [-0.2, -0.15) is 0 Å². The molecule has 154 valence electrons. The molecule has 0 spiro atoms. The van der Waals surface area contributed by atoms with Crippen molar-refractivity contribution in [2.24, 2.45) is 5.73 Å². The zero-order chi connectivity index (χ0) is 20.7. The Morgan fingerprint density at radius 1 is 1.03 bits per heavy atom. The summed E-state index contributed by atoms with van der Waals surface area (Å²) in [6, 6.07) is 20.5. The molecule has 0 radical (unpaired) electrons. The molecule has 4 nitrogen and oxygen atoms in total. The third kappa shape index (κ3) is 3.17. The summed E-state index contributed by atoms with van der Waals surface area (Å²) in [5, 5.41) is 0. The van der Waals surface area contributed by atoms with E-state index in [1.165, 1.54) is 0 Å². The number of hydrogen-bond acceptors (Lipinski definition) is 4. The summed E-state index contributed by atoms with van der Waals surface area (Å²) in [5.41, 5.74) is 12.1. The maximum atomic E-state index is 13.4. The summed E-state index contributed by atoms with van der Waals surface area (Å²) in [6.45, 7) is 2.89. The van der Waals surface area contributed by atoms with Crippen molar-refractivity contribution in [2.75, 3.05) is 6.79 Å². The van der Waals surface area contributed by atoms with Gasteiger partial charge in [0.15, 0.2) is 11.5 Å². The number of ketones is 1. The van der Waals surface area contributed by atoms with Crippen LogP contribution in [0.15, 0.2) is 60.7 Å². The highest BCUT2D eigenvalue weighted by Crippen LogP contribution is 2.51. The second kappa shape index (κ2) is 7.29. The minimum Gasteiger partial charge on any atom is -0.454 e. The summed E-state index contributed by atoms with van der Waals surface area (Å²) in [6.07, 6.45) is 2.23. The van der Waals surface area contributed by atoms with Crippen molar-refractivity contribution in [3.8, 4) is 22.6 Å². The van der Waals surface area contributed by atoms with E-state index in [4.69, 9.17) is 15.2 Å². The average molecular weight is 402 g/mol. The smallest absolute Gasteiger partial charge is 0.231 e. The second-order valence-corrected chi connectivity index (χ2v) is 8.24. The first-order chi connectivity index (χ1) is 14.6. The molecule has 1 heterocycles. The van der Waals surface area contributed by atoms with Crippen LogP contribution in [0.2, 0.25) is 0 Å². The first-order valence-electron chi connectivity index (χ1n) is 10.4. The van der Waals surface area contributed by atoms with Crippen LogP contribution in [-0.2, 0) is 23.2 Å². The molecule has 2 aliphatic rings. The number of nitrogens with two attached hydrogens (primary N) is 1. The summed E-state index contributed by atoms with van der Waals surface area (Å²) in [7, 11) is 0. The van der Waals surface area contributed by atoms with Crippen molar-refractivity contribution in [1.82, 2.24) is 0 Å². The molecule has 1 aliphatic carbocycles. The minimum absolute atomic E-state index is 0. The maximum Gasteiger partial charge on any atom is 0.231 e. The van der Waals surface area contributed by atoms with E-state index in [9.17, 15) is 4.79 Å². The Morgan fingerprint density at radius 3 is 2.53 bits per heavy atom. The van der Waals surface area contributed by atoms with Crippen LogP contribution in [0.5, 0.6) is 11.5 Å². The standard InChI is InChI=1S/C26H25NO3.H2/c1-17-20(3-2-4-22(17)19-7-5-18(15-27)6-8-19)13-25(28)26(11-12-26)21-9-10-23-24(14-21)30-16-29-23;/h2-10,14H,11-13,15-16,27H2,1H3;1H. The van der Waals surface area contributed by atoms with Crippen LogP contribution < -0.4 is 15.2 Å².